The molecule has 0 saturated heterocycles. The Labute approximate surface area is 256 Å². The third kappa shape index (κ3) is 10.5. The van der Waals surface area contributed by atoms with E-state index in [9.17, 15) is 24.0 Å². The van der Waals surface area contributed by atoms with E-state index in [2.05, 4.69) is 21.3 Å². The molecule has 1 aromatic rings. The lowest BCUT2D eigenvalue weighted by Gasteiger charge is -2.31. The molecule has 0 aromatic heterocycles. The first-order chi connectivity index (χ1) is 20.1. The number of benzene rings is 1. The van der Waals surface area contributed by atoms with E-state index < -0.39 is 41.8 Å². The maximum Gasteiger partial charge on any atom is 0.328 e. The number of amides is 4. The molecule has 0 aliphatic carbocycles. The predicted octanol–water partition coefficient (Wildman–Crippen LogP) is 3.60. The van der Waals surface area contributed by atoms with Crippen LogP contribution in [0.2, 0.25) is 0 Å². The lowest BCUT2D eigenvalue weighted by Crippen LogP contribution is -2.56. The molecule has 4 atom stereocenters. The zero-order valence-corrected chi connectivity index (χ0v) is 27.1. The summed E-state index contributed by atoms with van der Waals surface area (Å²) in [7, 11) is 1.27. The highest BCUT2D eigenvalue weighted by Crippen LogP contribution is 2.30. The molecule has 0 spiro atoms. The van der Waals surface area contributed by atoms with Gasteiger partial charge in [0.1, 0.15) is 18.1 Å². The number of hydrogen-bond donors (Lipinski definition) is 4. The van der Waals surface area contributed by atoms with Crippen LogP contribution in [0.1, 0.15) is 90.6 Å². The Balaban J connectivity index is 2.31. The number of esters is 1. The molecular formula is C33H50N4O6. The number of carbonyl (C=O) groups is 5. The van der Waals surface area contributed by atoms with Crippen LogP contribution in [-0.4, -0.2) is 60.9 Å². The molecule has 0 fully saturated rings. The van der Waals surface area contributed by atoms with Crippen LogP contribution in [0.15, 0.2) is 30.3 Å². The molecule has 0 bridgehead atoms. The first kappa shape index (κ1) is 35.5. The Morgan fingerprint density at radius 3 is 1.72 bits per heavy atom. The van der Waals surface area contributed by atoms with Gasteiger partial charge >= 0.3 is 5.97 Å². The van der Waals surface area contributed by atoms with E-state index in [1.807, 2.05) is 67.5 Å². The number of rotatable bonds is 14. The molecule has 1 aromatic carbocycles. The Kier molecular flexibility index (Phi) is 13.4. The molecular weight excluding hydrogens is 548 g/mol. The second-order valence-corrected chi connectivity index (χ2v) is 12.9. The molecule has 0 radical (unpaired) electrons. The van der Waals surface area contributed by atoms with E-state index in [1.54, 1.807) is 12.1 Å². The van der Waals surface area contributed by atoms with Crippen molar-refractivity contribution < 1.29 is 28.7 Å². The quantitative estimate of drug-likeness (QED) is 0.190. The molecule has 43 heavy (non-hydrogen) atoms. The third-order valence-electron chi connectivity index (χ3n) is 7.25. The molecule has 10 heteroatoms. The fraction of sp³-hybridized carbons (Fsp3) is 0.606. The molecule has 4 amide bonds. The average molecular weight is 599 g/mol. The van der Waals surface area contributed by atoms with Crippen molar-refractivity contribution in [3.63, 3.8) is 0 Å². The molecule has 238 valence electrons. The van der Waals surface area contributed by atoms with Crippen LogP contribution in [-0.2, 0) is 23.9 Å². The van der Waals surface area contributed by atoms with Crippen LogP contribution in [0.3, 0.4) is 0 Å². The van der Waals surface area contributed by atoms with Gasteiger partial charge in [-0.3, -0.25) is 19.2 Å². The summed E-state index contributed by atoms with van der Waals surface area (Å²) < 4.78 is 4.88. The van der Waals surface area contributed by atoms with E-state index in [4.69, 9.17) is 4.74 Å². The Hall–Kier alpha value is -3.69. The van der Waals surface area contributed by atoms with E-state index in [-0.39, 0.29) is 35.6 Å². The van der Waals surface area contributed by atoms with Crippen molar-refractivity contribution in [3.8, 4) is 0 Å². The van der Waals surface area contributed by atoms with Gasteiger partial charge in [-0.1, -0.05) is 73.6 Å². The molecule has 0 unspecified atom stereocenters. The number of carbonyl (C=O) groups excluding carboxylic acids is 5. The molecule has 0 saturated carbocycles. The summed E-state index contributed by atoms with van der Waals surface area (Å²) in [6, 6.07) is 4.08. The summed E-state index contributed by atoms with van der Waals surface area (Å²) >= 11 is 0. The van der Waals surface area contributed by atoms with Gasteiger partial charge in [-0.2, -0.15) is 0 Å². The number of fused-ring (bicyclic) bond motifs is 1. The van der Waals surface area contributed by atoms with Gasteiger partial charge < -0.3 is 26.0 Å². The molecule has 2 rings (SSSR count). The standard InChI is InChI=1S/C33H50N4O6/c1-18(2)14-25(31(40)35-26(15-19(3)4)32(41)36-27(16-20(5)6)33(42)43-9)34-28(38)17-24-22-12-10-11-13-23(22)30(39)37-29(24)21(7)8/h10-13,17-21,25-27,29H,14-16H2,1-9H3,(H,34,38)(H,35,40)(H,36,41)(H,37,39)/b24-17-/t25-,26+,27-,29-/m0/s1. The summed E-state index contributed by atoms with van der Waals surface area (Å²) in [6.07, 6.45) is 2.53. The number of hydrogen-bond acceptors (Lipinski definition) is 6. The topological polar surface area (TPSA) is 143 Å². The normalized spacial score (nSPS) is 17.7. The fourth-order valence-electron chi connectivity index (χ4n) is 5.22. The minimum atomic E-state index is -0.914. The highest BCUT2D eigenvalue weighted by Gasteiger charge is 2.33. The second kappa shape index (κ2) is 16.2. The Bertz CT molecular complexity index is 1190. The Morgan fingerprint density at radius 2 is 1.23 bits per heavy atom. The van der Waals surface area contributed by atoms with Crippen LogP contribution in [0, 0.1) is 23.7 Å². The smallest absolute Gasteiger partial charge is 0.328 e. The second-order valence-electron chi connectivity index (χ2n) is 12.9. The van der Waals surface area contributed by atoms with Crippen LogP contribution < -0.4 is 21.3 Å². The van der Waals surface area contributed by atoms with Gasteiger partial charge in [0.15, 0.2) is 0 Å². The van der Waals surface area contributed by atoms with Gasteiger partial charge in [-0.15, -0.1) is 0 Å². The van der Waals surface area contributed by atoms with E-state index in [0.717, 1.165) is 0 Å². The van der Waals surface area contributed by atoms with Crippen molar-refractivity contribution in [2.75, 3.05) is 7.11 Å². The van der Waals surface area contributed by atoms with Gasteiger partial charge in [0.25, 0.3) is 5.91 Å². The zero-order chi connectivity index (χ0) is 32.4. The van der Waals surface area contributed by atoms with Crippen molar-refractivity contribution in [1.29, 1.82) is 0 Å². The summed E-state index contributed by atoms with van der Waals surface area (Å²) in [4.78, 5) is 65.3. The first-order valence-corrected chi connectivity index (χ1v) is 15.2. The van der Waals surface area contributed by atoms with Gasteiger partial charge in [0, 0.05) is 11.6 Å². The van der Waals surface area contributed by atoms with Crippen molar-refractivity contribution in [1.82, 2.24) is 21.3 Å². The highest BCUT2D eigenvalue weighted by atomic mass is 16.5. The zero-order valence-electron chi connectivity index (χ0n) is 27.1. The highest BCUT2D eigenvalue weighted by molar-refractivity contribution is 6.07. The monoisotopic (exact) mass is 598 g/mol. The molecule has 1 aliphatic rings. The van der Waals surface area contributed by atoms with Crippen molar-refractivity contribution in [2.45, 2.75) is 98.8 Å². The van der Waals surface area contributed by atoms with E-state index in [1.165, 1.54) is 13.2 Å². The summed E-state index contributed by atoms with van der Waals surface area (Å²) in [5, 5.41) is 11.4. The Morgan fingerprint density at radius 1 is 0.767 bits per heavy atom. The van der Waals surface area contributed by atoms with Gasteiger partial charge in [-0.25, -0.2) is 4.79 Å². The summed E-state index contributed by atoms with van der Waals surface area (Å²) in [5.74, 6) is -1.91. The SMILES string of the molecule is COC(=O)[C@H](CC(C)C)NC(=O)[C@@H](CC(C)C)NC(=O)[C@H](CC(C)C)NC(=O)/C=C1/c2ccccc2C(=O)N[C@H]1C(C)C. The molecule has 1 aliphatic heterocycles. The van der Waals surface area contributed by atoms with Crippen LogP contribution >= 0.6 is 0 Å². The van der Waals surface area contributed by atoms with Crippen molar-refractivity contribution in [3.05, 3.63) is 41.5 Å². The predicted molar refractivity (Wildman–Crippen MR) is 167 cm³/mol. The van der Waals surface area contributed by atoms with Gasteiger partial charge in [-0.05, 0) is 60.1 Å². The molecule has 4 N–H and O–H groups in total. The molecule has 1 heterocycles. The lowest BCUT2D eigenvalue weighted by atomic mass is 9.84. The fourth-order valence-corrected chi connectivity index (χ4v) is 5.22. The van der Waals surface area contributed by atoms with E-state index >= 15 is 0 Å². The van der Waals surface area contributed by atoms with Crippen molar-refractivity contribution in [2.24, 2.45) is 23.7 Å². The van der Waals surface area contributed by atoms with E-state index in [0.29, 0.717) is 36.0 Å². The van der Waals surface area contributed by atoms with Gasteiger partial charge in [0.2, 0.25) is 17.7 Å². The first-order valence-electron chi connectivity index (χ1n) is 15.2. The van der Waals surface area contributed by atoms with Gasteiger partial charge in [0.05, 0.1) is 13.2 Å². The largest absolute Gasteiger partial charge is 0.467 e. The number of methoxy groups -OCH3 is 1. The summed E-state index contributed by atoms with van der Waals surface area (Å²) in [5.41, 5.74) is 1.84. The van der Waals surface area contributed by atoms with Crippen LogP contribution in [0.5, 0.6) is 0 Å². The molecule has 10 nitrogen and oxygen atoms in total. The minimum Gasteiger partial charge on any atom is -0.467 e. The number of nitrogens with one attached hydrogen (secondary N) is 4. The lowest BCUT2D eigenvalue weighted by molar-refractivity contribution is -0.146. The third-order valence-corrected chi connectivity index (χ3v) is 7.25. The van der Waals surface area contributed by atoms with Crippen LogP contribution in [0.25, 0.3) is 5.57 Å². The van der Waals surface area contributed by atoms with Crippen molar-refractivity contribution >= 4 is 35.2 Å². The maximum absolute atomic E-state index is 13.6. The maximum atomic E-state index is 13.6. The average Bonchev–Trinajstić information content (AvgIpc) is 2.91. The van der Waals surface area contributed by atoms with Crippen LogP contribution in [0.4, 0.5) is 0 Å². The minimum absolute atomic E-state index is 0.0194. The number of ether oxygens (including phenoxy) is 1. The summed E-state index contributed by atoms with van der Waals surface area (Å²) in [6.45, 7) is 15.6.